The minimum Gasteiger partial charge on any atom is -0.369 e. The number of nitriles is 1. The van der Waals surface area contributed by atoms with E-state index in [2.05, 4.69) is 11.1 Å². The summed E-state index contributed by atoms with van der Waals surface area (Å²) in [5.41, 5.74) is 8.46. The Morgan fingerprint density at radius 2 is 2.29 bits per heavy atom. The average molecular weight is 226 g/mol. The molecule has 4 nitrogen and oxygen atoms in total. The SMILES string of the molecule is N#Cc1ccc2nc(N)n(CC3CCC3)c2c1. The molecule has 0 bridgehead atoms. The standard InChI is InChI=1S/C13H14N4/c14-7-10-4-5-11-12(6-10)17(13(15)16-11)8-9-2-1-3-9/h4-6,9H,1-3,8H2,(H2,15,16). The summed E-state index contributed by atoms with van der Waals surface area (Å²) in [4.78, 5) is 4.33. The van der Waals surface area contributed by atoms with E-state index in [9.17, 15) is 0 Å². The third-order valence-electron chi connectivity index (χ3n) is 3.57. The van der Waals surface area contributed by atoms with Crippen molar-refractivity contribution in [2.24, 2.45) is 5.92 Å². The van der Waals surface area contributed by atoms with Gasteiger partial charge in [0.25, 0.3) is 0 Å². The van der Waals surface area contributed by atoms with Gasteiger partial charge < -0.3 is 10.3 Å². The maximum atomic E-state index is 8.92. The van der Waals surface area contributed by atoms with Gasteiger partial charge in [-0.25, -0.2) is 4.98 Å². The zero-order valence-electron chi connectivity index (χ0n) is 9.56. The molecule has 0 amide bonds. The van der Waals surface area contributed by atoms with Crippen LogP contribution in [0.15, 0.2) is 18.2 Å². The first kappa shape index (κ1) is 10.2. The monoisotopic (exact) mass is 226 g/mol. The van der Waals surface area contributed by atoms with Crippen molar-refractivity contribution in [1.29, 1.82) is 5.26 Å². The van der Waals surface area contributed by atoms with Crippen molar-refractivity contribution in [2.45, 2.75) is 25.8 Å². The largest absolute Gasteiger partial charge is 0.369 e. The van der Waals surface area contributed by atoms with Crippen molar-refractivity contribution in [2.75, 3.05) is 5.73 Å². The van der Waals surface area contributed by atoms with Gasteiger partial charge in [-0.2, -0.15) is 5.26 Å². The Labute approximate surface area is 99.7 Å². The summed E-state index contributed by atoms with van der Waals surface area (Å²) in [7, 11) is 0. The number of nitrogens with two attached hydrogens (primary N) is 1. The molecule has 0 unspecified atom stereocenters. The van der Waals surface area contributed by atoms with Crippen molar-refractivity contribution >= 4 is 17.0 Å². The van der Waals surface area contributed by atoms with Gasteiger partial charge in [0, 0.05) is 6.54 Å². The van der Waals surface area contributed by atoms with Crippen LogP contribution in [0.2, 0.25) is 0 Å². The molecule has 0 saturated heterocycles. The molecule has 1 aromatic heterocycles. The van der Waals surface area contributed by atoms with Crippen molar-refractivity contribution in [3.8, 4) is 6.07 Å². The first-order valence-corrected chi connectivity index (χ1v) is 5.94. The smallest absolute Gasteiger partial charge is 0.201 e. The van der Waals surface area contributed by atoms with Gasteiger partial charge in [-0.1, -0.05) is 6.42 Å². The first-order valence-electron chi connectivity index (χ1n) is 5.94. The topological polar surface area (TPSA) is 67.6 Å². The van der Waals surface area contributed by atoms with Crippen LogP contribution < -0.4 is 5.73 Å². The van der Waals surface area contributed by atoms with Gasteiger partial charge in [-0.3, -0.25) is 0 Å². The van der Waals surface area contributed by atoms with Crippen LogP contribution in [-0.2, 0) is 6.54 Å². The summed E-state index contributed by atoms with van der Waals surface area (Å²) in [6.45, 7) is 0.928. The van der Waals surface area contributed by atoms with Gasteiger partial charge in [0.05, 0.1) is 22.7 Å². The van der Waals surface area contributed by atoms with Gasteiger partial charge >= 0.3 is 0 Å². The van der Waals surface area contributed by atoms with E-state index in [0.717, 1.165) is 23.5 Å². The van der Waals surface area contributed by atoms with Crippen molar-refractivity contribution in [1.82, 2.24) is 9.55 Å². The normalized spacial score (nSPS) is 15.7. The van der Waals surface area contributed by atoms with Crippen LogP contribution in [0.25, 0.3) is 11.0 Å². The predicted molar refractivity (Wildman–Crippen MR) is 66.2 cm³/mol. The molecule has 2 aromatic rings. The second-order valence-electron chi connectivity index (χ2n) is 4.69. The molecule has 4 heteroatoms. The highest BCUT2D eigenvalue weighted by Crippen LogP contribution is 2.30. The highest BCUT2D eigenvalue weighted by molar-refractivity contribution is 5.79. The van der Waals surface area contributed by atoms with E-state index in [1.807, 2.05) is 16.7 Å². The van der Waals surface area contributed by atoms with Crippen LogP contribution >= 0.6 is 0 Å². The predicted octanol–water partition coefficient (Wildman–Crippen LogP) is 2.29. The summed E-state index contributed by atoms with van der Waals surface area (Å²) < 4.78 is 2.04. The van der Waals surface area contributed by atoms with Crippen LogP contribution in [0.4, 0.5) is 5.95 Å². The van der Waals surface area contributed by atoms with E-state index >= 15 is 0 Å². The molecule has 1 aromatic carbocycles. The summed E-state index contributed by atoms with van der Waals surface area (Å²) in [6.07, 6.45) is 3.87. The zero-order valence-corrected chi connectivity index (χ0v) is 9.56. The van der Waals surface area contributed by atoms with E-state index in [4.69, 9.17) is 11.0 Å². The molecule has 1 fully saturated rings. The number of imidazole rings is 1. The number of rotatable bonds is 2. The Kier molecular flexibility index (Phi) is 2.25. The minimum atomic E-state index is 0.557. The Morgan fingerprint density at radius 3 is 2.94 bits per heavy atom. The first-order chi connectivity index (χ1) is 8.28. The number of fused-ring (bicyclic) bond motifs is 1. The van der Waals surface area contributed by atoms with Crippen molar-refractivity contribution in [3.05, 3.63) is 23.8 Å². The molecular formula is C13H14N4. The fraction of sp³-hybridized carbons (Fsp3) is 0.385. The molecule has 0 atom stereocenters. The van der Waals surface area contributed by atoms with Gasteiger partial charge in [0.1, 0.15) is 0 Å². The van der Waals surface area contributed by atoms with E-state index in [1.165, 1.54) is 19.3 Å². The molecule has 86 valence electrons. The average Bonchev–Trinajstić information content (AvgIpc) is 2.58. The molecule has 0 radical (unpaired) electrons. The quantitative estimate of drug-likeness (QED) is 0.854. The number of nitrogens with zero attached hydrogens (tertiary/aromatic N) is 3. The molecule has 3 rings (SSSR count). The molecule has 1 aliphatic rings. The summed E-state index contributed by atoms with van der Waals surface area (Å²) in [5, 5.41) is 8.92. The Morgan fingerprint density at radius 1 is 1.47 bits per heavy atom. The number of aromatic nitrogens is 2. The molecule has 0 aliphatic heterocycles. The number of nitrogen functional groups attached to an aromatic ring is 1. The molecule has 1 heterocycles. The lowest BCUT2D eigenvalue weighted by molar-refractivity contribution is 0.281. The van der Waals surface area contributed by atoms with Gasteiger partial charge in [-0.05, 0) is 37.0 Å². The third kappa shape index (κ3) is 1.64. The van der Waals surface area contributed by atoms with Crippen LogP contribution in [0.1, 0.15) is 24.8 Å². The fourth-order valence-electron chi connectivity index (χ4n) is 2.34. The highest BCUT2D eigenvalue weighted by atomic mass is 15.2. The van der Waals surface area contributed by atoms with Crippen LogP contribution in [0, 0.1) is 17.2 Å². The van der Waals surface area contributed by atoms with E-state index in [1.54, 1.807) is 6.07 Å². The van der Waals surface area contributed by atoms with Gasteiger partial charge in [0.2, 0.25) is 5.95 Å². The molecule has 1 aliphatic carbocycles. The lowest BCUT2D eigenvalue weighted by atomic mass is 9.85. The molecule has 0 spiro atoms. The highest BCUT2D eigenvalue weighted by Gasteiger charge is 2.20. The molecule has 2 N–H and O–H groups in total. The molecular weight excluding hydrogens is 212 g/mol. The molecule has 17 heavy (non-hydrogen) atoms. The maximum absolute atomic E-state index is 8.92. The van der Waals surface area contributed by atoms with E-state index < -0.39 is 0 Å². The number of benzene rings is 1. The summed E-state index contributed by atoms with van der Waals surface area (Å²) in [6, 6.07) is 7.67. The van der Waals surface area contributed by atoms with E-state index in [0.29, 0.717) is 11.5 Å². The fourth-order valence-corrected chi connectivity index (χ4v) is 2.34. The van der Waals surface area contributed by atoms with Gasteiger partial charge in [-0.15, -0.1) is 0 Å². The number of hydrogen-bond donors (Lipinski definition) is 1. The van der Waals surface area contributed by atoms with E-state index in [-0.39, 0.29) is 0 Å². The summed E-state index contributed by atoms with van der Waals surface area (Å²) in [5.74, 6) is 1.28. The van der Waals surface area contributed by atoms with Crippen LogP contribution in [0.3, 0.4) is 0 Å². The van der Waals surface area contributed by atoms with Crippen LogP contribution in [0.5, 0.6) is 0 Å². The number of hydrogen-bond acceptors (Lipinski definition) is 3. The maximum Gasteiger partial charge on any atom is 0.201 e. The molecule has 1 saturated carbocycles. The van der Waals surface area contributed by atoms with Crippen molar-refractivity contribution < 1.29 is 0 Å². The second-order valence-corrected chi connectivity index (χ2v) is 4.69. The second kappa shape index (κ2) is 3.77. The Hall–Kier alpha value is -2.02. The lowest BCUT2D eigenvalue weighted by Gasteiger charge is -2.26. The minimum absolute atomic E-state index is 0.557. The van der Waals surface area contributed by atoms with Crippen molar-refractivity contribution in [3.63, 3.8) is 0 Å². The van der Waals surface area contributed by atoms with Gasteiger partial charge in [0.15, 0.2) is 0 Å². The summed E-state index contributed by atoms with van der Waals surface area (Å²) >= 11 is 0. The van der Waals surface area contributed by atoms with Crippen LogP contribution in [-0.4, -0.2) is 9.55 Å². The number of anilines is 1. The Balaban J connectivity index is 2.07. The zero-order chi connectivity index (χ0) is 11.8. The Bertz CT molecular complexity index is 602. The third-order valence-corrected chi connectivity index (χ3v) is 3.57. The lowest BCUT2D eigenvalue weighted by Crippen LogP contribution is -2.19.